The molecule has 3 heterocycles. The molecule has 4 rings (SSSR count). The summed E-state index contributed by atoms with van der Waals surface area (Å²) in [6.07, 6.45) is -1.83. The van der Waals surface area contributed by atoms with Crippen molar-refractivity contribution in [3.63, 3.8) is 0 Å². The molecule has 5 nitrogen and oxygen atoms in total. The normalized spacial score (nSPS) is 18.7. The molecule has 0 unspecified atom stereocenters. The van der Waals surface area contributed by atoms with Crippen molar-refractivity contribution in [2.45, 2.75) is 31.5 Å². The molecule has 1 aliphatic rings. The van der Waals surface area contributed by atoms with Crippen LogP contribution in [0.25, 0.3) is 5.78 Å². The molecule has 0 N–H and O–H groups in total. The van der Waals surface area contributed by atoms with E-state index in [-0.39, 0.29) is 11.7 Å². The summed E-state index contributed by atoms with van der Waals surface area (Å²) >= 11 is 12.2. The lowest BCUT2D eigenvalue weighted by Gasteiger charge is -2.32. The van der Waals surface area contributed by atoms with Gasteiger partial charge in [-0.15, -0.1) is 0 Å². The molecular formula is C18H16Cl2F3N5. The van der Waals surface area contributed by atoms with Crippen LogP contribution in [0.5, 0.6) is 0 Å². The summed E-state index contributed by atoms with van der Waals surface area (Å²) in [5, 5.41) is 4.79. The van der Waals surface area contributed by atoms with Crippen LogP contribution in [0.4, 0.5) is 13.2 Å². The van der Waals surface area contributed by atoms with Crippen molar-refractivity contribution in [1.29, 1.82) is 0 Å². The average Bonchev–Trinajstić information content (AvgIpc) is 3.11. The predicted molar refractivity (Wildman–Crippen MR) is 99.5 cm³/mol. The summed E-state index contributed by atoms with van der Waals surface area (Å²) < 4.78 is 41.0. The fraction of sp³-hybridized carbons (Fsp3) is 0.389. The SMILES string of the molecule is FC(F)(F)c1cc([C@@H]2CCCN(Cc3ccc(Cl)cc3Cl)C2)nc2ncnn12. The molecule has 1 saturated heterocycles. The number of halogens is 5. The van der Waals surface area contributed by atoms with Gasteiger partial charge in [-0.1, -0.05) is 29.3 Å². The van der Waals surface area contributed by atoms with Crippen LogP contribution < -0.4 is 0 Å². The quantitative estimate of drug-likeness (QED) is 0.598. The van der Waals surface area contributed by atoms with E-state index in [1.807, 2.05) is 6.07 Å². The van der Waals surface area contributed by atoms with E-state index < -0.39 is 11.9 Å². The van der Waals surface area contributed by atoms with Crippen molar-refractivity contribution < 1.29 is 13.2 Å². The van der Waals surface area contributed by atoms with Crippen molar-refractivity contribution in [2.24, 2.45) is 0 Å². The van der Waals surface area contributed by atoms with Gasteiger partial charge in [0.25, 0.3) is 5.78 Å². The maximum Gasteiger partial charge on any atom is 0.433 e. The van der Waals surface area contributed by atoms with E-state index in [0.717, 1.165) is 41.9 Å². The standard InChI is InChI=1S/C18H16Cl2F3N5/c19-13-4-3-11(14(20)6-13)8-27-5-1-2-12(9-27)15-7-16(18(21,22)23)28-17(26-15)24-10-25-28/h3-4,6-7,10,12H,1-2,5,8-9H2/t12-/m1/s1. The van der Waals surface area contributed by atoms with Crippen LogP contribution in [0, 0.1) is 0 Å². The van der Waals surface area contributed by atoms with Gasteiger partial charge in [-0.2, -0.15) is 27.8 Å². The minimum Gasteiger partial charge on any atom is -0.298 e. The van der Waals surface area contributed by atoms with Crippen LogP contribution >= 0.6 is 23.2 Å². The zero-order valence-corrected chi connectivity index (χ0v) is 16.1. The number of piperidine rings is 1. The maximum absolute atomic E-state index is 13.4. The lowest BCUT2D eigenvalue weighted by molar-refractivity contribution is -0.142. The first-order valence-electron chi connectivity index (χ1n) is 8.75. The first kappa shape index (κ1) is 19.4. The number of nitrogens with zero attached hydrogens (tertiary/aromatic N) is 5. The van der Waals surface area contributed by atoms with Crippen LogP contribution in [0.1, 0.15) is 35.7 Å². The highest BCUT2D eigenvalue weighted by molar-refractivity contribution is 6.35. The minimum absolute atomic E-state index is 0.0392. The van der Waals surface area contributed by atoms with E-state index in [2.05, 4.69) is 20.0 Å². The molecule has 0 amide bonds. The van der Waals surface area contributed by atoms with Crippen molar-refractivity contribution in [3.05, 3.63) is 57.6 Å². The Hall–Kier alpha value is -1.90. The number of benzene rings is 1. The number of alkyl halides is 3. The molecule has 28 heavy (non-hydrogen) atoms. The van der Waals surface area contributed by atoms with Gasteiger partial charge in [0, 0.05) is 29.1 Å². The summed E-state index contributed by atoms with van der Waals surface area (Å²) in [7, 11) is 0. The van der Waals surface area contributed by atoms with Crippen molar-refractivity contribution in [1.82, 2.24) is 24.5 Å². The highest BCUT2D eigenvalue weighted by atomic mass is 35.5. The first-order valence-corrected chi connectivity index (χ1v) is 9.51. The van der Waals surface area contributed by atoms with E-state index in [9.17, 15) is 13.2 Å². The minimum atomic E-state index is -4.53. The number of likely N-dealkylation sites (tertiary alicyclic amines) is 1. The van der Waals surface area contributed by atoms with Crippen LogP contribution in [0.15, 0.2) is 30.6 Å². The molecule has 0 aliphatic carbocycles. The molecule has 2 aromatic heterocycles. The van der Waals surface area contributed by atoms with Gasteiger partial charge in [0.1, 0.15) is 6.33 Å². The molecular weight excluding hydrogens is 414 g/mol. The van der Waals surface area contributed by atoms with Crippen molar-refractivity contribution in [2.75, 3.05) is 13.1 Å². The van der Waals surface area contributed by atoms with Gasteiger partial charge in [0.05, 0.1) is 5.69 Å². The predicted octanol–water partition coefficient (Wildman–Crippen LogP) is 4.83. The van der Waals surface area contributed by atoms with E-state index in [0.29, 0.717) is 28.8 Å². The molecule has 1 aromatic carbocycles. The molecule has 0 saturated carbocycles. The maximum atomic E-state index is 13.4. The second-order valence-electron chi connectivity index (χ2n) is 6.85. The number of fused-ring (bicyclic) bond motifs is 1. The third-order valence-corrected chi connectivity index (χ3v) is 5.48. The molecule has 1 atom stereocenters. The van der Waals surface area contributed by atoms with Crippen LogP contribution in [-0.2, 0) is 12.7 Å². The zero-order chi connectivity index (χ0) is 19.9. The van der Waals surface area contributed by atoms with Gasteiger partial charge >= 0.3 is 6.18 Å². The molecule has 1 fully saturated rings. The fourth-order valence-electron chi connectivity index (χ4n) is 3.57. The lowest BCUT2D eigenvalue weighted by atomic mass is 9.93. The highest BCUT2D eigenvalue weighted by Crippen LogP contribution is 2.33. The second kappa shape index (κ2) is 7.50. The molecule has 0 spiro atoms. The third kappa shape index (κ3) is 3.94. The Balaban J connectivity index is 1.59. The average molecular weight is 430 g/mol. The van der Waals surface area contributed by atoms with Crippen molar-refractivity contribution >= 4 is 29.0 Å². The van der Waals surface area contributed by atoms with Crippen molar-refractivity contribution in [3.8, 4) is 0 Å². The van der Waals surface area contributed by atoms with Gasteiger partial charge in [-0.05, 0) is 43.1 Å². The monoisotopic (exact) mass is 429 g/mol. The second-order valence-corrected chi connectivity index (χ2v) is 7.69. The van der Waals surface area contributed by atoms with Gasteiger partial charge in [0.2, 0.25) is 0 Å². The fourth-order valence-corrected chi connectivity index (χ4v) is 4.04. The summed E-state index contributed by atoms with van der Waals surface area (Å²) in [4.78, 5) is 10.3. The highest BCUT2D eigenvalue weighted by Gasteiger charge is 2.36. The van der Waals surface area contributed by atoms with E-state index in [4.69, 9.17) is 23.2 Å². The Kier molecular flexibility index (Phi) is 5.20. The zero-order valence-electron chi connectivity index (χ0n) is 14.6. The summed E-state index contributed by atoms with van der Waals surface area (Å²) in [5.74, 6) is -0.162. The third-order valence-electron chi connectivity index (χ3n) is 4.89. The number of rotatable bonds is 3. The molecule has 0 bridgehead atoms. The molecule has 0 radical (unpaired) electrons. The molecule has 3 aromatic rings. The lowest BCUT2D eigenvalue weighted by Crippen LogP contribution is -2.34. The Morgan fingerprint density at radius 1 is 1.18 bits per heavy atom. The Bertz CT molecular complexity index is 1000. The van der Waals surface area contributed by atoms with E-state index >= 15 is 0 Å². The van der Waals surface area contributed by atoms with Gasteiger partial charge in [-0.25, -0.2) is 4.98 Å². The largest absolute Gasteiger partial charge is 0.433 e. The van der Waals surface area contributed by atoms with Gasteiger partial charge in [0.15, 0.2) is 5.69 Å². The molecule has 148 valence electrons. The summed E-state index contributed by atoms with van der Waals surface area (Å²) in [5.41, 5.74) is 0.464. The van der Waals surface area contributed by atoms with E-state index in [1.54, 1.807) is 12.1 Å². The molecule has 10 heteroatoms. The van der Waals surface area contributed by atoms with Crippen LogP contribution in [0.2, 0.25) is 10.0 Å². The van der Waals surface area contributed by atoms with E-state index in [1.165, 1.54) is 0 Å². The number of hydrogen-bond acceptors (Lipinski definition) is 4. The summed E-state index contributed by atoms with van der Waals surface area (Å²) in [6.45, 7) is 2.04. The Labute approximate surface area is 169 Å². The number of aromatic nitrogens is 4. The topological polar surface area (TPSA) is 46.3 Å². The van der Waals surface area contributed by atoms with Gasteiger partial charge in [-0.3, -0.25) is 4.90 Å². The van der Waals surface area contributed by atoms with Gasteiger partial charge < -0.3 is 0 Å². The first-order chi connectivity index (χ1) is 13.3. The number of hydrogen-bond donors (Lipinski definition) is 0. The molecule has 1 aliphatic heterocycles. The smallest absolute Gasteiger partial charge is 0.298 e. The van der Waals surface area contributed by atoms with Crippen LogP contribution in [-0.4, -0.2) is 37.6 Å². The Morgan fingerprint density at radius 3 is 2.75 bits per heavy atom. The summed E-state index contributed by atoms with van der Waals surface area (Å²) in [6, 6.07) is 6.43. The van der Waals surface area contributed by atoms with Crippen LogP contribution in [0.3, 0.4) is 0 Å². The Morgan fingerprint density at radius 2 is 2.00 bits per heavy atom.